The molecule has 0 radical (unpaired) electrons. The normalized spacial score (nSPS) is 16.6. The Bertz CT molecular complexity index is 848. The van der Waals surface area contributed by atoms with Crippen LogP contribution >= 0.6 is 0 Å². The van der Waals surface area contributed by atoms with Crippen molar-refractivity contribution in [3.63, 3.8) is 0 Å². The number of benzene rings is 2. The van der Waals surface area contributed by atoms with Gasteiger partial charge < -0.3 is 10.2 Å². The Labute approximate surface area is 150 Å². The highest BCUT2D eigenvalue weighted by Crippen LogP contribution is 2.29. The van der Waals surface area contributed by atoms with E-state index in [0.717, 1.165) is 17.7 Å². The summed E-state index contributed by atoms with van der Waals surface area (Å²) in [7, 11) is 0. The molecule has 2 amide bonds. The maximum Gasteiger partial charge on any atom is 0.269 e. The van der Waals surface area contributed by atoms with Crippen molar-refractivity contribution in [2.45, 2.75) is 19.8 Å². The number of carbonyl (C=O) groups excluding carboxylic acids is 2. The third-order valence-corrected chi connectivity index (χ3v) is 4.50. The first-order chi connectivity index (χ1) is 12.5. The van der Waals surface area contributed by atoms with Crippen LogP contribution in [0.25, 0.3) is 0 Å². The SMILES string of the molecule is CCc1ccccc1N1C[C@H](C(=O)Nc2ccc([N+](=O)[O-])cc2)CC1=O. The summed E-state index contributed by atoms with van der Waals surface area (Å²) < 4.78 is 0. The summed E-state index contributed by atoms with van der Waals surface area (Å²) in [4.78, 5) is 36.7. The van der Waals surface area contributed by atoms with Gasteiger partial charge in [-0.2, -0.15) is 0 Å². The van der Waals surface area contributed by atoms with Crippen molar-refractivity contribution in [1.82, 2.24) is 0 Å². The summed E-state index contributed by atoms with van der Waals surface area (Å²) in [6.45, 7) is 2.35. The van der Waals surface area contributed by atoms with Gasteiger partial charge in [0.2, 0.25) is 11.8 Å². The largest absolute Gasteiger partial charge is 0.326 e. The van der Waals surface area contributed by atoms with E-state index in [9.17, 15) is 19.7 Å². The number of hydrogen-bond donors (Lipinski definition) is 1. The van der Waals surface area contributed by atoms with Crippen LogP contribution in [0, 0.1) is 16.0 Å². The third-order valence-electron chi connectivity index (χ3n) is 4.50. The van der Waals surface area contributed by atoms with Crippen molar-refractivity contribution in [3.8, 4) is 0 Å². The zero-order chi connectivity index (χ0) is 18.7. The number of amides is 2. The zero-order valence-corrected chi connectivity index (χ0v) is 14.3. The van der Waals surface area contributed by atoms with Crippen LogP contribution in [0.2, 0.25) is 0 Å². The number of nitrogens with one attached hydrogen (secondary N) is 1. The van der Waals surface area contributed by atoms with E-state index in [1.165, 1.54) is 24.3 Å². The Morgan fingerprint density at radius 2 is 1.92 bits per heavy atom. The first-order valence-corrected chi connectivity index (χ1v) is 8.43. The van der Waals surface area contributed by atoms with E-state index in [1.54, 1.807) is 4.90 Å². The molecule has 1 N–H and O–H groups in total. The van der Waals surface area contributed by atoms with E-state index in [2.05, 4.69) is 5.32 Å². The lowest BCUT2D eigenvalue weighted by atomic mass is 10.1. The molecule has 134 valence electrons. The fourth-order valence-corrected chi connectivity index (χ4v) is 3.10. The second-order valence-corrected chi connectivity index (χ2v) is 6.18. The summed E-state index contributed by atoms with van der Waals surface area (Å²) in [6, 6.07) is 13.3. The number of anilines is 2. The van der Waals surface area contributed by atoms with Crippen LogP contribution in [0.1, 0.15) is 18.9 Å². The number of nitrogens with zero attached hydrogens (tertiary/aromatic N) is 2. The minimum absolute atomic E-state index is 0.0404. The summed E-state index contributed by atoms with van der Waals surface area (Å²) >= 11 is 0. The maximum atomic E-state index is 12.5. The molecule has 0 saturated carbocycles. The molecule has 0 aliphatic carbocycles. The van der Waals surface area contributed by atoms with E-state index < -0.39 is 10.8 Å². The van der Waals surface area contributed by atoms with Crippen LogP contribution in [0.4, 0.5) is 17.1 Å². The van der Waals surface area contributed by atoms with Gasteiger partial charge in [0.15, 0.2) is 0 Å². The molecule has 7 heteroatoms. The molecule has 1 heterocycles. The molecule has 0 bridgehead atoms. The van der Waals surface area contributed by atoms with Gasteiger partial charge in [-0.15, -0.1) is 0 Å². The minimum atomic E-state index is -0.496. The molecule has 3 rings (SSSR count). The summed E-state index contributed by atoms with van der Waals surface area (Å²) in [5.74, 6) is -0.791. The summed E-state index contributed by atoms with van der Waals surface area (Å²) in [5.41, 5.74) is 2.35. The molecule has 26 heavy (non-hydrogen) atoms. The van der Waals surface area contributed by atoms with Gasteiger partial charge in [-0.3, -0.25) is 19.7 Å². The van der Waals surface area contributed by atoms with E-state index in [4.69, 9.17) is 0 Å². The number of carbonyl (C=O) groups is 2. The number of nitro benzene ring substituents is 1. The summed E-state index contributed by atoms with van der Waals surface area (Å²) in [5, 5.41) is 13.4. The van der Waals surface area contributed by atoms with E-state index in [1.807, 2.05) is 31.2 Å². The van der Waals surface area contributed by atoms with Gasteiger partial charge in [-0.1, -0.05) is 25.1 Å². The molecule has 0 aromatic heterocycles. The quantitative estimate of drug-likeness (QED) is 0.660. The van der Waals surface area contributed by atoms with Gasteiger partial charge in [0, 0.05) is 36.5 Å². The van der Waals surface area contributed by atoms with Crippen molar-refractivity contribution in [1.29, 1.82) is 0 Å². The van der Waals surface area contributed by atoms with Crippen LogP contribution in [0.15, 0.2) is 48.5 Å². The van der Waals surface area contributed by atoms with Crippen molar-refractivity contribution in [2.24, 2.45) is 5.92 Å². The monoisotopic (exact) mass is 353 g/mol. The highest BCUT2D eigenvalue weighted by atomic mass is 16.6. The predicted octanol–water partition coefficient (Wildman–Crippen LogP) is 3.15. The number of rotatable bonds is 5. The first kappa shape index (κ1) is 17.6. The van der Waals surface area contributed by atoms with Gasteiger partial charge >= 0.3 is 0 Å². The van der Waals surface area contributed by atoms with E-state index in [-0.39, 0.29) is 23.9 Å². The van der Waals surface area contributed by atoms with Crippen LogP contribution in [0.5, 0.6) is 0 Å². The molecule has 1 aliphatic heterocycles. The number of aryl methyl sites for hydroxylation is 1. The number of para-hydroxylation sites is 1. The lowest BCUT2D eigenvalue weighted by Crippen LogP contribution is -2.28. The minimum Gasteiger partial charge on any atom is -0.326 e. The van der Waals surface area contributed by atoms with Crippen LogP contribution in [-0.4, -0.2) is 23.3 Å². The molecule has 1 atom stereocenters. The Balaban J connectivity index is 1.70. The standard InChI is InChI=1S/C19H19N3O4/c1-2-13-5-3-4-6-17(13)21-12-14(11-18(21)23)19(24)20-15-7-9-16(10-8-15)22(25)26/h3-10,14H,2,11-12H2,1H3,(H,20,24)/t14-/m1/s1. The first-order valence-electron chi connectivity index (χ1n) is 8.43. The van der Waals surface area contributed by atoms with Crippen LogP contribution < -0.4 is 10.2 Å². The van der Waals surface area contributed by atoms with Crippen LogP contribution in [-0.2, 0) is 16.0 Å². The van der Waals surface area contributed by atoms with Gasteiger partial charge in [-0.25, -0.2) is 0 Å². The van der Waals surface area contributed by atoms with Gasteiger partial charge in [-0.05, 0) is 30.2 Å². The van der Waals surface area contributed by atoms with Crippen molar-refractivity contribution < 1.29 is 14.5 Å². The fraction of sp³-hybridized carbons (Fsp3) is 0.263. The van der Waals surface area contributed by atoms with Crippen molar-refractivity contribution in [2.75, 3.05) is 16.8 Å². The summed E-state index contributed by atoms with van der Waals surface area (Å²) in [6.07, 6.45) is 0.955. The molecule has 0 unspecified atom stereocenters. The van der Waals surface area contributed by atoms with Crippen molar-refractivity contribution in [3.05, 3.63) is 64.2 Å². The molecule has 2 aromatic carbocycles. The van der Waals surface area contributed by atoms with Gasteiger partial charge in [0.25, 0.3) is 5.69 Å². The Kier molecular flexibility index (Phi) is 4.97. The average Bonchev–Trinajstić information content (AvgIpc) is 3.04. The van der Waals surface area contributed by atoms with Crippen LogP contribution in [0.3, 0.4) is 0 Å². The molecule has 0 spiro atoms. The van der Waals surface area contributed by atoms with E-state index >= 15 is 0 Å². The molecule has 1 fully saturated rings. The Morgan fingerprint density at radius 3 is 2.58 bits per heavy atom. The lowest BCUT2D eigenvalue weighted by Gasteiger charge is -2.20. The predicted molar refractivity (Wildman–Crippen MR) is 98.0 cm³/mol. The Hall–Kier alpha value is -3.22. The maximum absolute atomic E-state index is 12.5. The molecular weight excluding hydrogens is 334 g/mol. The highest BCUT2D eigenvalue weighted by molar-refractivity contribution is 6.03. The van der Waals surface area contributed by atoms with Gasteiger partial charge in [0.05, 0.1) is 10.8 Å². The lowest BCUT2D eigenvalue weighted by molar-refractivity contribution is -0.384. The van der Waals surface area contributed by atoms with Gasteiger partial charge in [0.1, 0.15) is 0 Å². The topological polar surface area (TPSA) is 92.6 Å². The average molecular weight is 353 g/mol. The molecular formula is C19H19N3O4. The second kappa shape index (κ2) is 7.35. The highest BCUT2D eigenvalue weighted by Gasteiger charge is 2.35. The number of nitro groups is 1. The number of non-ortho nitro benzene ring substituents is 1. The molecule has 7 nitrogen and oxygen atoms in total. The fourth-order valence-electron chi connectivity index (χ4n) is 3.10. The Morgan fingerprint density at radius 1 is 1.23 bits per heavy atom. The second-order valence-electron chi connectivity index (χ2n) is 6.18. The third kappa shape index (κ3) is 3.56. The molecule has 1 saturated heterocycles. The molecule has 2 aromatic rings. The van der Waals surface area contributed by atoms with Crippen molar-refractivity contribution >= 4 is 28.9 Å². The zero-order valence-electron chi connectivity index (χ0n) is 14.3. The number of hydrogen-bond acceptors (Lipinski definition) is 4. The molecule has 1 aliphatic rings. The van der Waals surface area contributed by atoms with E-state index in [0.29, 0.717) is 12.2 Å². The smallest absolute Gasteiger partial charge is 0.269 e.